The lowest BCUT2D eigenvalue weighted by Gasteiger charge is -2.09. The van der Waals surface area contributed by atoms with E-state index in [0.29, 0.717) is 5.92 Å². The predicted molar refractivity (Wildman–Crippen MR) is 74.4 cm³/mol. The first-order valence-corrected chi connectivity index (χ1v) is 6.42. The normalized spacial score (nSPS) is 11.0. The summed E-state index contributed by atoms with van der Waals surface area (Å²) in [6.07, 6.45) is 4.10. The molecule has 2 aromatic heterocycles. The summed E-state index contributed by atoms with van der Waals surface area (Å²) in [5.74, 6) is 0.476. The van der Waals surface area contributed by atoms with Crippen LogP contribution in [0.3, 0.4) is 0 Å². The highest BCUT2D eigenvalue weighted by atomic mass is 14.9. The molecule has 0 aliphatic carbocycles. The third-order valence-electron chi connectivity index (χ3n) is 3.30. The van der Waals surface area contributed by atoms with Gasteiger partial charge in [-0.1, -0.05) is 13.8 Å². The summed E-state index contributed by atoms with van der Waals surface area (Å²) in [5.41, 5.74) is 6.15. The molecular weight excluding hydrogens is 220 g/mol. The summed E-state index contributed by atoms with van der Waals surface area (Å²) < 4.78 is 2.14. The Bertz CT molecular complexity index is 571. The Morgan fingerprint density at radius 2 is 1.89 bits per heavy atom. The Labute approximate surface area is 109 Å². The van der Waals surface area contributed by atoms with Crippen LogP contribution in [-0.2, 0) is 7.05 Å². The molecule has 0 aromatic carbocycles. The van der Waals surface area contributed by atoms with E-state index in [1.54, 1.807) is 0 Å². The molecular formula is C16H21N2+. The molecule has 0 amide bonds. The van der Waals surface area contributed by atoms with E-state index in [0.717, 1.165) is 5.69 Å². The smallest absolute Gasteiger partial charge is 0.214 e. The SMILES string of the molecule is Cc1cc[n+](C)c(-c2cnc(C(C)C)cc2C)c1. The van der Waals surface area contributed by atoms with Crippen LogP contribution in [0.4, 0.5) is 0 Å². The molecule has 0 bridgehead atoms. The molecule has 94 valence electrons. The molecule has 0 fully saturated rings. The van der Waals surface area contributed by atoms with Crippen molar-refractivity contribution in [2.45, 2.75) is 33.6 Å². The van der Waals surface area contributed by atoms with E-state index >= 15 is 0 Å². The van der Waals surface area contributed by atoms with Crippen LogP contribution in [0, 0.1) is 13.8 Å². The lowest BCUT2D eigenvalue weighted by molar-refractivity contribution is -0.660. The van der Waals surface area contributed by atoms with Gasteiger partial charge < -0.3 is 0 Å². The van der Waals surface area contributed by atoms with Crippen LogP contribution in [0.2, 0.25) is 0 Å². The zero-order valence-electron chi connectivity index (χ0n) is 11.9. The molecule has 2 aromatic rings. The van der Waals surface area contributed by atoms with Crippen molar-refractivity contribution >= 4 is 0 Å². The molecule has 0 aliphatic heterocycles. The van der Waals surface area contributed by atoms with Gasteiger partial charge in [0.2, 0.25) is 5.69 Å². The zero-order chi connectivity index (χ0) is 13.3. The Morgan fingerprint density at radius 1 is 1.17 bits per heavy atom. The molecule has 0 unspecified atom stereocenters. The van der Waals surface area contributed by atoms with Crippen molar-refractivity contribution in [2.24, 2.45) is 7.05 Å². The van der Waals surface area contributed by atoms with Crippen LogP contribution in [0.25, 0.3) is 11.3 Å². The zero-order valence-corrected chi connectivity index (χ0v) is 11.9. The van der Waals surface area contributed by atoms with Gasteiger partial charge in [0.15, 0.2) is 6.20 Å². The first kappa shape index (κ1) is 12.7. The molecule has 2 heterocycles. The van der Waals surface area contributed by atoms with Crippen molar-refractivity contribution in [2.75, 3.05) is 0 Å². The second-order valence-corrected chi connectivity index (χ2v) is 5.28. The van der Waals surface area contributed by atoms with E-state index in [2.05, 4.69) is 68.7 Å². The molecule has 18 heavy (non-hydrogen) atoms. The number of rotatable bonds is 2. The van der Waals surface area contributed by atoms with Gasteiger partial charge in [0.25, 0.3) is 0 Å². The summed E-state index contributed by atoms with van der Waals surface area (Å²) in [6.45, 7) is 8.63. The number of aromatic nitrogens is 2. The van der Waals surface area contributed by atoms with Crippen molar-refractivity contribution in [3.05, 3.63) is 47.4 Å². The highest BCUT2D eigenvalue weighted by molar-refractivity contribution is 5.60. The van der Waals surface area contributed by atoms with Crippen LogP contribution in [0.5, 0.6) is 0 Å². The van der Waals surface area contributed by atoms with Crippen LogP contribution in [-0.4, -0.2) is 4.98 Å². The predicted octanol–water partition coefficient (Wildman–Crippen LogP) is 3.31. The second kappa shape index (κ2) is 4.89. The van der Waals surface area contributed by atoms with E-state index in [1.165, 1.54) is 22.4 Å². The minimum atomic E-state index is 0.476. The molecule has 0 saturated carbocycles. The summed E-state index contributed by atoms with van der Waals surface area (Å²) in [4.78, 5) is 4.57. The molecule has 0 atom stereocenters. The van der Waals surface area contributed by atoms with Crippen molar-refractivity contribution < 1.29 is 4.57 Å². The lowest BCUT2D eigenvalue weighted by Crippen LogP contribution is -2.30. The molecule has 0 saturated heterocycles. The summed E-state index contributed by atoms with van der Waals surface area (Å²) in [7, 11) is 2.07. The van der Waals surface area contributed by atoms with Gasteiger partial charge in [0.1, 0.15) is 7.05 Å². The van der Waals surface area contributed by atoms with Gasteiger partial charge in [-0.25, -0.2) is 4.57 Å². The van der Waals surface area contributed by atoms with E-state index in [-0.39, 0.29) is 0 Å². The quantitative estimate of drug-likeness (QED) is 0.737. The highest BCUT2D eigenvalue weighted by Gasteiger charge is 2.14. The van der Waals surface area contributed by atoms with Gasteiger partial charge in [0, 0.05) is 24.0 Å². The largest absolute Gasteiger partial charge is 0.260 e. The highest BCUT2D eigenvalue weighted by Crippen LogP contribution is 2.23. The fourth-order valence-electron chi connectivity index (χ4n) is 2.10. The first-order chi connectivity index (χ1) is 8.49. The number of pyridine rings is 2. The fraction of sp³-hybridized carbons (Fsp3) is 0.375. The first-order valence-electron chi connectivity index (χ1n) is 6.42. The second-order valence-electron chi connectivity index (χ2n) is 5.28. The maximum Gasteiger partial charge on any atom is 0.214 e. The molecule has 0 spiro atoms. The topological polar surface area (TPSA) is 16.8 Å². The Kier molecular flexibility index (Phi) is 3.46. The standard InChI is InChI=1S/C16H21N2/c1-11(2)15-9-13(4)14(10-17-15)16-8-12(3)6-7-18(16)5/h6-11H,1-5H3/q+1. The summed E-state index contributed by atoms with van der Waals surface area (Å²) >= 11 is 0. The number of hydrogen-bond donors (Lipinski definition) is 0. The number of aryl methyl sites for hydroxylation is 3. The number of hydrogen-bond acceptors (Lipinski definition) is 1. The minimum absolute atomic E-state index is 0.476. The monoisotopic (exact) mass is 241 g/mol. The van der Waals surface area contributed by atoms with Crippen LogP contribution in [0.15, 0.2) is 30.6 Å². The van der Waals surface area contributed by atoms with Gasteiger partial charge in [-0.3, -0.25) is 4.98 Å². The Balaban J connectivity index is 2.54. The van der Waals surface area contributed by atoms with Crippen LogP contribution < -0.4 is 4.57 Å². The minimum Gasteiger partial charge on any atom is -0.260 e. The summed E-state index contributed by atoms with van der Waals surface area (Å²) in [6, 6.07) is 6.52. The Morgan fingerprint density at radius 3 is 2.50 bits per heavy atom. The average molecular weight is 241 g/mol. The molecule has 0 aliphatic rings. The van der Waals surface area contributed by atoms with Crippen LogP contribution in [0.1, 0.15) is 36.6 Å². The van der Waals surface area contributed by atoms with Gasteiger partial charge in [0.05, 0.1) is 5.56 Å². The van der Waals surface area contributed by atoms with E-state index in [1.807, 2.05) is 6.20 Å². The fourth-order valence-corrected chi connectivity index (χ4v) is 2.10. The maximum atomic E-state index is 4.57. The lowest BCUT2D eigenvalue weighted by atomic mass is 10.0. The van der Waals surface area contributed by atoms with Crippen molar-refractivity contribution in [3.63, 3.8) is 0 Å². The van der Waals surface area contributed by atoms with Gasteiger partial charge in [-0.15, -0.1) is 0 Å². The van der Waals surface area contributed by atoms with Crippen molar-refractivity contribution in [3.8, 4) is 11.3 Å². The summed E-state index contributed by atoms with van der Waals surface area (Å²) in [5, 5.41) is 0. The molecule has 2 nitrogen and oxygen atoms in total. The van der Waals surface area contributed by atoms with E-state index in [9.17, 15) is 0 Å². The maximum absolute atomic E-state index is 4.57. The van der Waals surface area contributed by atoms with Gasteiger partial charge in [-0.2, -0.15) is 0 Å². The van der Waals surface area contributed by atoms with Crippen LogP contribution >= 0.6 is 0 Å². The van der Waals surface area contributed by atoms with E-state index in [4.69, 9.17) is 0 Å². The van der Waals surface area contributed by atoms with Gasteiger partial charge in [-0.05, 0) is 37.0 Å². The molecule has 0 radical (unpaired) electrons. The van der Waals surface area contributed by atoms with Crippen molar-refractivity contribution in [1.82, 2.24) is 4.98 Å². The third-order valence-corrected chi connectivity index (χ3v) is 3.30. The van der Waals surface area contributed by atoms with E-state index < -0.39 is 0 Å². The molecule has 2 heteroatoms. The molecule has 2 rings (SSSR count). The molecule has 0 N–H and O–H groups in total. The third kappa shape index (κ3) is 2.42. The number of nitrogens with zero attached hydrogens (tertiary/aromatic N) is 2. The van der Waals surface area contributed by atoms with Gasteiger partial charge >= 0.3 is 0 Å². The average Bonchev–Trinajstić information content (AvgIpc) is 2.32. The Hall–Kier alpha value is -1.70. The van der Waals surface area contributed by atoms with Crippen molar-refractivity contribution in [1.29, 1.82) is 0 Å².